The first-order chi connectivity index (χ1) is 12.3. The van der Waals surface area contributed by atoms with Crippen molar-refractivity contribution in [2.24, 2.45) is 0 Å². The van der Waals surface area contributed by atoms with E-state index in [2.05, 4.69) is 10.3 Å². The SMILES string of the molecule is CC(C)(C)OC(=O)Nc1ccnc2c1cc(-c1ccc(N)cc1)n2SF. The molecule has 0 fully saturated rings. The smallest absolute Gasteiger partial charge is 0.412 e. The molecule has 0 saturated heterocycles. The fourth-order valence-corrected chi connectivity index (χ4v) is 2.97. The average molecular weight is 374 g/mol. The number of aromatic nitrogens is 2. The minimum Gasteiger partial charge on any atom is -0.444 e. The number of anilines is 2. The van der Waals surface area contributed by atoms with Gasteiger partial charge in [-0.15, -0.1) is 3.89 Å². The predicted octanol–water partition coefficient (Wildman–Crippen LogP) is 5.01. The molecule has 0 radical (unpaired) electrons. The van der Waals surface area contributed by atoms with Gasteiger partial charge in [0.2, 0.25) is 0 Å². The first kappa shape index (κ1) is 18.1. The molecular formula is C18H19FN4O2S. The Morgan fingerprint density at radius 3 is 2.58 bits per heavy atom. The number of nitrogen functional groups attached to an aromatic ring is 1. The van der Waals surface area contributed by atoms with Gasteiger partial charge in [-0.1, -0.05) is 12.1 Å². The van der Waals surface area contributed by atoms with Gasteiger partial charge in [0.1, 0.15) is 5.60 Å². The second kappa shape index (κ2) is 6.87. The lowest BCUT2D eigenvalue weighted by molar-refractivity contribution is 0.0636. The molecule has 1 amide bonds. The van der Waals surface area contributed by atoms with E-state index < -0.39 is 11.7 Å². The van der Waals surface area contributed by atoms with E-state index in [1.165, 1.54) is 10.2 Å². The van der Waals surface area contributed by atoms with Crippen LogP contribution in [0, 0.1) is 0 Å². The molecule has 0 aliphatic rings. The second-order valence-corrected chi connectivity index (χ2v) is 7.24. The van der Waals surface area contributed by atoms with Crippen molar-refractivity contribution in [3.63, 3.8) is 0 Å². The number of ether oxygens (including phenoxy) is 1. The Hall–Kier alpha value is -2.74. The van der Waals surface area contributed by atoms with Crippen molar-refractivity contribution in [3.05, 3.63) is 42.6 Å². The third-order valence-electron chi connectivity index (χ3n) is 3.57. The maximum absolute atomic E-state index is 13.6. The minimum absolute atomic E-state index is 0.0472. The van der Waals surface area contributed by atoms with Crippen molar-refractivity contribution >= 4 is 40.8 Å². The Bertz CT molecular complexity index is 948. The third-order valence-corrected chi connectivity index (χ3v) is 4.08. The number of hydrogen-bond acceptors (Lipinski definition) is 5. The van der Waals surface area contributed by atoms with Crippen molar-refractivity contribution in [1.82, 2.24) is 8.96 Å². The molecule has 0 atom stereocenters. The standard InChI is InChI=1S/C18H19FN4O2S/c1-18(2,3)25-17(24)22-14-8-9-21-16-13(14)10-15(23(16)26-19)11-4-6-12(20)7-5-11/h4-10H,20H2,1-3H3,(H,21,22,24). The van der Waals surface area contributed by atoms with E-state index in [1.54, 1.807) is 57.2 Å². The van der Waals surface area contributed by atoms with Crippen LogP contribution in [-0.4, -0.2) is 20.7 Å². The molecule has 3 rings (SSSR count). The van der Waals surface area contributed by atoms with E-state index in [4.69, 9.17) is 10.5 Å². The number of nitrogens with one attached hydrogen (secondary N) is 1. The van der Waals surface area contributed by atoms with Gasteiger partial charge in [-0.05, 0) is 50.6 Å². The molecule has 3 N–H and O–H groups in total. The quantitative estimate of drug-likeness (QED) is 0.630. The van der Waals surface area contributed by atoms with E-state index in [-0.39, 0.29) is 12.3 Å². The number of hydrogen-bond donors (Lipinski definition) is 2. The van der Waals surface area contributed by atoms with Crippen LogP contribution in [0.3, 0.4) is 0 Å². The number of amides is 1. The van der Waals surface area contributed by atoms with Crippen LogP contribution in [0.15, 0.2) is 42.6 Å². The number of halogens is 1. The van der Waals surface area contributed by atoms with Crippen LogP contribution in [0.4, 0.5) is 20.1 Å². The number of nitrogens with zero attached hydrogens (tertiary/aromatic N) is 2. The molecular weight excluding hydrogens is 355 g/mol. The van der Waals surface area contributed by atoms with Gasteiger partial charge < -0.3 is 10.5 Å². The molecule has 1 aromatic carbocycles. The zero-order valence-corrected chi connectivity index (χ0v) is 15.4. The monoisotopic (exact) mass is 374 g/mol. The van der Waals surface area contributed by atoms with Crippen molar-refractivity contribution < 1.29 is 13.4 Å². The summed E-state index contributed by atoms with van der Waals surface area (Å²) in [4.78, 5) is 16.3. The van der Waals surface area contributed by atoms with Gasteiger partial charge >= 0.3 is 6.09 Å². The molecule has 2 heterocycles. The minimum atomic E-state index is -0.619. The summed E-state index contributed by atoms with van der Waals surface area (Å²) in [5.74, 6) is 0. The number of benzene rings is 1. The lowest BCUT2D eigenvalue weighted by atomic mass is 10.1. The van der Waals surface area contributed by atoms with Gasteiger partial charge in [-0.25, -0.2) is 13.8 Å². The molecule has 0 spiro atoms. The number of fused-ring (bicyclic) bond motifs is 1. The van der Waals surface area contributed by atoms with Gasteiger partial charge in [-0.2, -0.15) is 0 Å². The van der Waals surface area contributed by atoms with E-state index in [9.17, 15) is 8.68 Å². The normalized spacial score (nSPS) is 11.5. The Labute approximate surface area is 155 Å². The maximum Gasteiger partial charge on any atom is 0.412 e. The summed E-state index contributed by atoms with van der Waals surface area (Å²) in [5, 5.41) is 3.31. The van der Waals surface area contributed by atoms with Crippen LogP contribution in [0.25, 0.3) is 22.3 Å². The van der Waals surface area contributed by atoms with Gasteiger partial charge in [0, 0.05) is 17.3 Å². The Balaban J connectivity index is 2.05. The van der Waals surface area contributed by atoms with Crippen LogP contribution >= 0.6 is 12.3 Å². The van der Waals surface area contributed by atoms with Crippen LogP contribution < -0.4 is 11.1 Å². The number of carbonyl (C=O) groups excluding carboxylic acids is 1. The molecule has 6 nitrogen and oxygen atoms in total. The first-order valence-electron chi connectivity index (χ1n) is 7.94. The van der Waals surface area contributed by atoms with Gasteiger partial charge in [0.05, 0.1) is 11.4 Å². The van der Waals surface area contributed by atoms with E-state index in [0.29, 0.717) is 28.1 Å². The third kappa shape index (κ3) is 3.75. The lowest BCUT2D eigenvalue weighted by Crippen LogP contribution is -2.27. The molecule has 26 heavy (non-hydrogen) atoms. The number of rotatable bonds is 3. The number of pyridine rings is 1. The summed E-state index contributed by atoms with van der Waals surface area (Å²) in [7, 11) is 0. The lowest BCUT2D eigenvalue weighted by Gasteiger charge is -2.19. The van der Waals surface area contributed by atoms with Crippen LogP contribution in [0.5, 0.6) is 0 Å². The second-order valence-electron chi connectivity index (χ2n) is 6.74. The fraction of sp³-hybridized carbons (Fsp3) is 0.222. The van der Waals surface area contributed by atoms with Gasteiger partial charge in [0.15, 0.2) is 18.0 Å². The summed E-state index contributed by atoms with van der Waals surface area (Å²) >= 11 is 0.0472. The Morgan fingerprint density at radius 2 is 1.96 bits per heavy atom. The fourth-order valence-electron chi connectivity index (χ4n) is 2.52. The summed E-state index contributed by atoms with van der Waals surface area (Å²) in [6, 6.07) is 10.5. The highest BCUT2D eigenvalue weighted by molar-refractivity contribution is 7.93. The van der Waals surface area contributed by atoms with Gasteiger partial charge in [0.25, 0.3) is 0 Å². The zero-order chi connectivity index (χ0) is 18.9. The Kier molecular flexibility index (Phi) is 4.78. The molecule has 0 bridgehead atoms. The number of carbonyl (C=O) groups is 1. The van der Waals surface area contributed by atoms with E-state index in [0.717, 1.165) is 5.56 Å². The van der Waals surface area contributed by atoms with Crippen LogP contribution in [-0.2, 0) is 4.74 Å². The molecule has 136 valence electrons. The van der Waals surface area contributed by atoms with Crippen LogP contribution in [0.2, 0.25) is 0 Å². The molecule has 0 saturated carbocycles. The Morgan fingerprint density at radius 1 is 1.27 bits per heavy atom. The average Bonchev–Trinajstić information content (AvgIpc) is 2.93. The van der Waals surface area contributed by atoms with Crippen molar-refractivity contribution in [2.45, 2.75) is 26.4 Å². The van der Waals surface area contributed by atoms with E-state index >= 15 is 0 Å². The summed E-state index contributed by atoms with van der Waals surface area (Å²) in [6.07, 6.45) is 0.925. The van der Waals surface area contributed by atoms with Crippen molar-refractivity contribution in [1.29, 1.82) is 0 Å². The molecule has 0 unspecified atom stereocenters. The van der Waals surface area contributed by atoms with Crippen LogP contribution in [0.1, 0.15) is 20.8 Å². The number of nitrogens with two attached hydrogens (primary N) is 1. The maximum atomic E-state index is 13.6. The highest BCUT2D eigenvalue weighted by Crippen LogP contribution is 2.35. The highest BCUT2D eigenvalue weighted by Gasteiger charge is 2.19. The summed E-state index contributed by atoms with van der Waals surface area (Å²) in [6.45, 7) is 5.35. The topological polar surface area (TPSA) is 82.2 Å². The van der Waals surface area contributed by atoms with Gasteiger partial charge in [-0.3, -0.25) is 5.32 Å². The molecule has 0 aliphatic heterocycles. The van der Waals surface area contributed by atoms with Crippen molar-refractivity contribution in [2.75, 3.05) is 11.1 Å². The highest BCUT2D eigenvalue weighted by atomic mass is 32.2. The first-order valence-corrected chi connectivity index (χ1v) is 8.61. The zero-order valence-electron chi connectivity index (χ0n) is 14.6. The molecule has 8 heteroatoms. The molecule has 0 aliphatic carbocycles. The van der Waals surface area contributed by atoms with E-state index in [1.807, 2.05) is 0 Å². The summed E-state index contributed by atoms with van der Waals surface area (Å²) in [5.41, 5.74) is 8.01. The predicted molar refractivity (Wildman–Crippen MR) is 104 cm³/mol. The summed E-state index contributed by atoms with van der Waals surface area (Å²) < 4.78 is 20.3. The van der Waals surface area contributed by atoms with Crippen molar-refractivity contribution in [3.8, 4) is 11.3 Å². The largest absolute Gasteiger partial charge is 0.444 e. The molecule has 2 aromatic heterocycles. The molecule has 3 aromatic rings.